The number of halogens is 1. The number of hydrogen-bond acceptors (Lipinski definition) is 4. The Morgan fingerprint density at radius 1 is 1.11 bits per heavy atom. The van der Waals surface area contributed by atoms with Crippen molar-refractivity contribution in [3.8, 4) is 0 Å². The molecule has 3 aromatic rings. The van der Waals surface area contributed by atoms with Crippen LogP contribution in [0.1, 0.15) is 11.6 Å². The monoisotopic (exact) mass is 273 g/mol. The van der Waals surface area contributed by atoms with Crippen LogP contribution in [0.25, 0.3) is 11.1 Å². The van der Waals surface area contributed by atoms with Gasteiger partial charge < -0.3 is 9.73 Å². The summed E-state index contributed by atoms with van der Waals surface area (Å²) in [7, 11) is 0. The number of furan rings is 1. The highest BCUT2D eigenvalue weighted by Crippen LogP contribution is 2.26. The van der Waals surface area contributed by atoms with Gasteiger partial charge in [-0.1, -0.05) is 11.6 Å². The number of nitrogens with one attached hydrogen (secondary N) is 1. The van der Waals surface area contributed by atoms with Crippen LogP contribution < -0.4 is 5.32 Å². The van der Waals surface area contributed by atoms with E-state index in [2.05, 4.69) is 15.3 Å². The zero-order chi connectivity index (χ0) is 13.4. The van der Waals surface area contributed by atoms with Crippen molar-refractivity contribution in [2.75, 3.05) is 5.32 Å². The third-order valence-corrected chi connectivity index (χ3v) is 2.99. The van der Waals surface area contributed by atoms with Gasteiger partial charge in [0.15, 0.2) is 0 Å². The van der Waals surface area contributed by atoms with E-state index in [4.69, 9.17) is 16.0 Å². The average Bonchev–Trinajstić information content (AvgIpc) is 2.72. The van der Waals surface area contributed by atoms with Crippen LogP contribution in [0.15, 0.2) is 34.7 Å². The normalized spacial score (nSPS) is 10.9. The Kier molecular flexibility index (Phi) is 2.87. The van der Waals surface area contributed by atoms with E-state index in [1.165, 1.54) is 0 Å². The molecule has 0 aliphatic carbocycles. The lowest BCUT2D eigenvalue weighted by molar-refractivity contribution is 0.566. The van der Waals surface area contributed by atoms with Crippen molar-refractivity contribution in [3.05, 3.63) is 46.9 Å². The van der Waals surface area contributed by atoms with Crippen molar-refractivity contribution in [1.29, 1.82) is 0 Å². The van der Waals surface area contributed by atoms with Crippen LogP contribution in [-0.4, -0.2) is 9.97 Å². The summed E-state index contributed by atoms with van der Waals surface area (Å²) in [5.41, 5.74) is 1.52. The number of aromatic nitrogens is 2. The van der Waals surface area contributed by atoms with Crippen LogP contribution in [0.5, 0.6) is 0 Å². The summed E-state index contributed by atoms with van der Waals surface area (Å²) in [4.78, 5) is 8.69. The van der Waals surface area contributed by atoms with Crippen LogP contribution in [0.3, 0.4) is 0 Å². The SMILES string of the molecule is Cc1nc(Nc2ccc(Cl)cc2)c2cc(C)oc2n1. The Bertz CT molecular complexity index is 734. The molecule has 1 N–H and O–H groups in total. The number of nitrogens with zero attached hydrogens (tertiary/aromatic N) is 2. The molecule has 0 radical (unpaired) electrons. The molecule has 0 spiro atoms. The summed E-state index contributed by atoms with van der Waals surface area (Å²) >= 11 is 5.87. The fraction of sp³-hybridized carbons (Fsp3) is 0.143. The van der Waals surface area contributed by atoms with E-state index >= 15 is 0 Å². The van der Waals surface area contributed by atoms with Gasteiger partial charge in [-0.15, -0.1) is 0 Å². The second kappa shape index (κ2) is 4.55. The molecule has 4 nitrogen and oxygen atoms in total. The minimum absolute atomic E-state index is 0.599. The molecule has 0 fully saturated rings. The van der Waals surface area contributed by atoms with Gasteiger partial charge in [0.05, 0.1) is 5.39 Å². The van der Waals surface area contributed by atoms with E-state index < -0.39 is 0 Å². The first-order chi connectivity index (χ1) is 9.11. The van der Waals surface area contributed by atoms with Gasteiger partial charge in [-0.2, -0.15) is 4.98 Å². The minimum Gasteiger partial charge on any atom is -0.443 e. The molecule has 0 saturated heterocycles. The maximum absolute atomic E-state index is 5.87. The first kappa shape index (κ1) is 12.0. The number of anilines is 2. The molecule has 19 heavy (non-hydrogen) atoms. The maximum atomic E-state index is 5.87. The number of fused-ring (bicyclic) bond motifs is 1. The van der Waals surface area contributed by atoms with Crippen molar-refractivity contribution in [1.82, 2.24) is 9.97 Å². The molecule has 0 saturated carbocycles. The number of benzene rings is 1. The Balaban J connectivity index is 2.06. The van der Waals surface area contributed by atoms with Crippen molar-refractivity contribution in [2.24, 2.45) is 0 Å². The number of hydrogen-bond donors (Lipinski definition) is 1. The summed E-state index contributed by atoms with van der Waals surface area (Å²) in [6, 6.07) is 9.38. The first-order valence-electron chi connectivity index (χ1n) is 5.89. The molecule has 3 rings (SSSR count). The molecule has 2 heterocycles. The summed E-state index contributed by atoms with van der Waals surface area (Å²) in [5, 5.41) is 4.83. The largest absolute Gasteiger partial charge is 0.443 e. The lowest BCUT2D eigenvalue weighted by Gasteiger charge is -2.06. The fourth-order valence-electron chi connectivity index (χ4n) is 1.91. The Labute approximate surface area is 115 Å². The zero-order valence-corrected chi connectivity index (χ0v) is 11.3. The smallest absolute Gasteiger partial charge is 0.231 e. The van der Waals surface area contributed by atoms with E-state index in [-0.39, 0.29) is 0 Å². The maximum Gasteiger partial charge on any atom is 0.231 e. The lowest BCUT2D eigenvalue weighted by Crippen LogP contribution is -1.97. The molecule has 96 valence electrons. The van der Waals surface area contributed by atoms with E-state index in [1.807, 2.05) is 44.2 Å². The lowest BCUT2D eigenvalue weighted by atomic mass is 10.3. The third kappa shape index (κ3) is 2.39. The van der Waals surface area contributed by atoms with Crippen LogP contribution in [0.4, 0.5) is 11.5 Å². The van der Waals surface area contributed by atoms with Gasteiger partial charge in [-0.3, -0.25) is 0 Å². The highest BCUT2D eigenvalue weighted by molar-refractivity contribution is 6.30. The summed E-state index contributed by atoms with van der Waals surface area (Å²) in [6.07, 6.45) is 0. The van der Waals surface area contributed by atoms with E-state index in [0.717, 1.165) is 22.7 Å². The molecule has 0 unspecified atom stereocenters. The van der Waals surface area contributed by atoms with E-state index in [1.54, 1.807) is 0 Å². The molecule has 0 aliphatic rings. The summed E-state index contributed by atoms with van der Waals surface area (Å²) < 4.78 is 5.53. The third-order valence-electron chi connectivity index (χ3n) is 2.73. The second-order valence-corrected chi connectivity index (χ2v) is 4.76. The van der Waals surface area contributed by atoms with Gasteiger partial charge in [0.1, 0.15) is 17.4 Å². The number of aryl methyl sites for hydroxylation is 2. The molecular weight excluding hydrogens is 262 g/mol. The van der Waals surface area contributed by atoms with Gasteiger partial charge in [0.2, 0.25) is 5.71 Å². The van der Waals surface area contributed by atoms with Crippen LogP contribution >= 0.6 is 11.6 Å². The topological polar surface area (TPSA) is 51.0 Å². The molecule has 0 bridgehead atoms. The van der Waals surface area contributed by atoms with Crippen LogP contribution in [0, 0.1) is 13.8 Å². The molecule has 0 amide bonds. The predicted octanol–water partition coefficient (Wildman–Crippen LogP) is 4.24. The van der Waals surface area contributed by atoms with Gasteiger partial charge in [-0.25, -0.2) is 4.98 Å². The van der Waals surface area contributed by atoms with Gasteiger partial charge in [-0.05, 0) is 44.2 Å². The molecule has 0 atom stereocenters. The molecule has 2 aromatic heterocycles. The average molecular weight is 274 g/mol. The molecular formula is C14H12ClN3O. The van der Waals surface area contributed by atoms with Gasteiger partial charge in [0, 0.05) is 10.7 Å². The van der Waals surface area contributed by atoms with Crippen molar-refractivity contribution in [3.63, 3.8) is 0 Å². The van der Waals surface area contributed by atoms with Gasteiger partial charge >= 0.3 is 0 Å². The standard InChI is InChI=1S/C14H12ClN3O/c1-8-7-12-13(16-9(2)17-14(12)19-8)18-11-5-3-10(15)4-6-11/h3-7H,1-2H3,(H,16,17,18). The first-order valence-corrected chi connectivity index (χ1v) is 6.27. The highest BCUT2D eigenvalue weighted by Gasteiger charge is 2.10. The fourth-order valence-corrected chi connectivity index (χ4v) is 2.04. The quantitative estimate of drug-likeness (QED) is 0.759. The molecule has 0 aliphatic heterocycles. The van der Waals surface area contributed by atoms with Crippen LogP contribution in [0.2, 0.25) is 5.02 Å². The van der Waals surface area contributed by atoms with Gasteiger partial charge in [0.25, 0.3) is 0 Å². The van der Waals surface area contributed by atoms with E-state index in [9.17, 15) is 0 Å². The number of rotatable bonds is 2. The highest BCUT2D eigenvalue weighted by atomic mass is 35.5. The van der Waals surface area contributed by atoms with Crippen molar-refractivity contribution < 1.29 is 4.42 Å². The minimum atomic E-state index is 0.599. The predicted molar refractivity (Wildman–Crippen MR) is 76.0 cm³/mol. The summed E-state index contributed by atoms with van der Waals surface area (Å²) in [5.74, 6) is 2.22. The second-order valence-electron chi connectivity index (χ2n) is 4.33. The van der Waals surface area contributed by atoms with E-state index in [0.29, 0.717) is 16.6 Å². The molecule has 5 heteroatoms. The Morgan fingerprint density at radius 3 is 2.58 bits per heavy atom. The summed E-state index contributed by atoms with van der Waals surface area (Å²) in [6.45, 7) is 3.73. The van der Waals surface area contributed by atoms with Crippen molar-refractivity contribution in [2.45, 2.75) is 13.8 Å². The Morgan fingerprint density at radius 2 is 1.84 bits per heavy atom. The van der Waals surface area contributed by atoms with Crippen LogP contribution in [-0.2, 0) is 0 Å². The molecule has 1 aromatic carbocycles. The Hall–Kier alpha value is -2.07. The van der Waals surface area contributed by atoms with Crippen molar-refractivity contribution >= 4 is 34.2 Å². The zero-order valence-electron chi connectivity index (χ0n) is 10.6.